The second-order valence-electron chi connectivity index (χ2n) is 3.63. The first kappa shape index (κ1) is 12.4. The van der Waals surface area contributed by atoms with Crippen molar-refractivity contribution in [2.45, 2.75) is 22.9 Å². The highest BCUT2D eigenvalue weighted by Crippen LogP contribution is 2.32. The third kappa shape index (κ3) is 3.22. The average molecular weight is 266 g/mol. The standard InChI is InChI=1S/C13H12ClNOS/c1-9(16)12-6-3-7-15-13(12)17-11-5-2-4-10(14)8-11/h2-9,16H,1H3/t9-/m1/s1. The monoisotopic (exact) mass is 265 g/mol. The number of aliphatic hydroxyl groups excluding tert-OH is 1. The van der Waals surface area contributed by atoms with Crippen LogP contribution in [0.25, 0.3) is 0 Å². The fourth-order valence-corrected chi connectivity index (χ4v) is 2.73. The molecule has 2 nitrogen and oxygen atoms in total. The highest BCUT2D eigenvalue weighted by molar-refractivity contribution is 7.99. The Kier molecular flexibility index (Phi) is 4.05. The van der Waals surface area contributed by atoms with Crippen molar-refractivity contribution >= 4 is 23.4 Å². The Hall–Kier alpha value is -1.03. The summed E-state index contributed by atoms with van der Waals surface area (Å²) in [6.45, 7) is 1.74. The van der Waals surface area contributed by atoms with Gasteiger partial charge < -0.3 is 5.11 Å². The zero-order chi connectivity index (χ0) is 12.3. The quantitative estimate of drug-likeness (QED) is 0.913. The van der Waals surface area contributed by atoms with Gasteiger partial charge in [0.1, 0.15) is 5.03 Å². The lowest BCUT2D eigenvalue weighted by Gasteiger charge is -2.10. The zero-order valence-corrected chi connectivity index (χ0v) is 10.9. The fourth-order valence-electron chi connectivity index (χ4n) is 1.45. The summed E-state index contributed by atoms with van der Waals surface area (Å²) in [5.41, 5.74) is 0.831. The molecule has 1 atom stereocenters. The van der Waals surface area contributed by atoms with E-state index in [0.717, 1.165) is 15.5 Å². The molecule has 0 radical (unpaired) electrons. The van der Waals surface area contributed by atoms with Gasteiger partial charge in [0.15, 0.2) is 0 Å². The van der Waals surface area contributed by atoms with Gasteiger partial charge in [-0.25, -0.2) is 4.98 Å². The van der Waals surface area contributed by atoms with E-state index in [2.05, 4.69) is 4.98 Å². The molecule has 0 amide bonds. The lowest BCUT2D eigenvalue weighted by molar-refractivity contribution is 0.195. The predicted molar refractivity (Wildman–Crippen MR) is 70.4 cm³/mol. The Morgan fingerprint density at radius 3 is 2.82 bits per heavy atom. The van der Waals surface area contributed by atoms with Crippen molar-refractivity contribution < 1.29 is 5.11 Å². The smallest absolute Gasteiger partial charge is 0.106 e. The van der Waals surface area contributed by atoms with Crippen LogP contribution >= 0.6 is 23.4 Å². The normalized spacial score (nSPS) is 12.4. The SMILES string of the molecule is C[C@@H](O)c1cccnc1Sc1cccc(Cl)c1. The predicted octanol–water partition coefficient (Wildman–Crippen LogP) is 3.94. The number of benzene rings is 1. The number of aromatic nitrogens is 1. The van der Waals surface area contributed by atoms with Crippen LogP contribution in [0, 0.1) is 0 Å². The minimum atomic E-state index is -0.523. The van der Waals surface area contributed by atoms with Crippen molar-refractivity contribution in [2.75, 3.05) is 0 Å². The summed E-state index contributed by atoms with van der Waals surface area (Å²) in [7, 11) is 0. The zero-order valence-electron chi connectivity index (χ0n) is 9.30. The van der Waals surface area contributed by atoms with E-state index in [-0.39, 0.29) is 0 Å². The molecule has 17 heavy (non-hydrogen) atoms. The molecule has 0 aliphatic heterocycles. The molecular formula is C13H12ClNOS. The molecule has 0 saturated heterocycles. The molecule has 4 heteroatoms. The molecule has 2 rings (SSSR count). The average Bonchev–Trinajstić information content (AvgIpc) is 2.29. The van der Waals surface area contributed by atoms with Crippen LogP contribution in [-0.4, -0.2) is 10.1 Å². The van der Waals surface area contributed by atoms with Crippen LogP contribution in [0.1, 0.15) is 18.6 Å². The van der Waals surface area contributed by atoms with E-state index in [1.54, 1.807) is 13.1 Å². The summed E-state index contributed by atoms with van der Waals surface area (Å²) in [4.78, 5) is 5.30. The van der Waals surface area contributed by atoms with Crippen LogP contribution in [0.5, 0.6) is 0 Å². The molecule has 0 saturated carbocycles. The molecule has 1 N–H and O–H groups in total. The maximum Gasteiger partial charge on any atom is 0.106 e. The van der Waals surface area contributed by atoms with Gasteiger partial charge in [-0.3, -0.25) is 0 Å². The van der Waals surface area contributed by atoms with E-state index in [1.807, 2.05) is 36.4 Å². The molecule has 1 aromatic carbocycles. The number of halogens is 1. The number of hydrogen-bond acceptors (Lipinski definition) is 3. The Labute approximate surface area is 110 Å². The fraction of sp³-hybridized carbons (Fsp3) is 0.154. The van der Waals surface area contributed by atoms with Gasteiger partial charge in [0.2, 0.25) is 0 Å². The molecule has 1 heterocycles. The Morgan fingerprint density at radius 2 is 2.12 bits per heavy atom. The van der Waals surface area contributed by atoms with Crippen molar-refractivity contribution in [3.63, 3.8) is 0 Å². The lowest BCUT2D eigenvalue weighted by Crippen LogP contribution is -1.95. The summed E-state index contributed by atoms with van der Waals surface area (Å²) in [6.07, 6.45) is 1.20. The van der Waals surface area contributed by atoms with E-state index in [9.17, 15) is 5.11 Å². The van der Waals surface area contributed by atoms with E-state index >= 15 is 0 Å². The Balaban J connectivity index is 2.30. The molecule has 0 spiro atoms. The molecule has 1 aromatic heterocycles. The summed E-state index contributed by atoms with van der Waals surface area (Å²) in [5.74, 6) is 0. The molecule has 0 fully saturated rings. The summed E-state index contributed by atoms with van der Waals surface area (Å²) in [6, 6.07) is 11.3. The molecule has 88 valence electrons. The van der Waals surface area contributed by atoms with Crippen LogP contribution < -0.4 is 0 Å². The minimum absolute atomic E-state index is 0.523. The van der Waals surface area contributed by atoms with Crippen molar-refractivity contribution in [3.05, 3.63) is 53.2 Å². The van der Waals surface area contributed by atoms with E-state index in [0.29, 0.717) is 5.02 Å². The van der Waals surface area contributed by atoms with Crippen molar-refractivity contribution in [1.82, 2.24) is 4.98 Å². The Bertz CT molecular complexity index is 516. The second kappa shape index (κ2) is 5.54. The molecule has 0 aliphatic rings. The van der Waals surface area contributed by atoms with Gasteiger partial charge in [-0.05, 0) is 31.2 Å². The lowest BCUT2D eigenvalue weighted by atomic mass is 10.2. The first-order valence-corrected chi connectivity index (χ1v) is 6.42. The van der Waals surface area contributed by atoms with Gasteiger partial charge in [0.25, 0.3) is 0 Å². The first-order chi connectivity index (χ1) is 8.16. The van der Waals surface area contributed by atoms with E-state index < -0.39 is 6.10 Å². The van der Waals surface area contributed by atoms with Gasteiger partial charge in [-0.2, -0.15) is 0 Å². The van der Waals surface area contributed by atoms with Gasteiger partial charge in [0, 0.05) is 21.7 Å². The van der Waals surface area contributed by atoms with Gasteiger partial charge in [0.05, 0.1) is 6.10 Å². The van der Waals surface area contributed by atoms with Crippen molar-refractivity contribution in [1.29, 1.82) is 0 Å². The van der Waals surface area contributed by atoms with Crippen LogP contribution in [0.3, 0.4) is 0 Å². The number of rotatable bonds is 3. The number of nitrogens with zero attached hydrogens (tertiary/aromatic N) is 1. The number of pyridine rings is 1. The van der Waals surface area contributed by atoms with E-state index in [1.165, 1.54) is 11.8 Å². The first-order valence-electron chi connectivity index (χ1n) is 5.23. The summed E-state index contributed by atoms with van der Waals surface area (Å²) in [5, 5.41) is 11.2. The highest BCUT2D eigenvalue weighted by atomic mass is 35.5. The highest BCUT2D eigenvalue weighted by Gasteiger charge is 2.09. The third-order valence-electron chi connectivity index (χ3n) is 2.26. The molecule has 0 bridgehead atoms. The van der Waals surface area contributed by atoms with Gasteiger partial charge >= 0.3 is 0 Å². The van der Waals surface area contributed by atoms with Crippen LogP contribution in [0.2, 0.25) is 5.02 Å². The van der Waals surface area contributed by atoms with Crippen molar-refractivity contribution in [2.24, 2.45) is 0 Å². The van der Waals surface area contributed by atoms with Crippen LogP contribution in [-0.2, 0) is 0 Å². The largest absolute Gasteiger partial charge is 0.389 e. The molecule has 2 aromatic rings. The van der Waals surface area contributed by atoms with Crippen LogP contribution in [0.4, 0.5) is 0 Å². The molecule has 0 aliphatic carbocycles. The third-order valence-corrected chi connectivity index (χ3v) is 3.52. The number of aliphatic hydroxyl groups is 1. The number of hydrogen-bond donors (Lipinski definition) is 1. The van der Waals surface area contributed by atoms with Crippen LogP contribution in [0.15, 0.2) is 52.5 Å². The summed E-state index contributed by atoms with van der Waals surface area (Å²) >= 11 is 7.43. The molecule has 0 unspecified atom stereocenters. The summed E-state index contributed by atoms with van der Waals surface area (Å²) < 4.78 is 0. The van der Waals surface area contributed by atoms with Gasteiger partial charge in [-0.15, -0.1) is 0 Å². The Morgan fingerprint density at radius 1 is 1.29 bits per heavy atom. The topological polar surface area (TPSA) is 33.1 Å². The maximum absolute atomic E-state index is 9.66. The van der Waals surface area contributed by atoms with Gasteiger partial charge in [-0.1, -0.05) is 35.5 Å². The van der Waals surface area contributed by atoms with E-state index in [4.69, 9.17) is 11.6 Å². The minimum Gasteiger partial charge on any atom is -0.389 e. The molecular weight excluding hydrogens is 254 g/mol. The second-order valence-corrected chi connectivity index (χ2v) is 5.13. The van der Waals surface area contributed by atoms with Crippen molar-refractivity contribution in [3.8, 4) is 0 Å². The maximum atomic E-state index is 9.66.